The van der Waals surface area contributed by atoms with E-state index in [1.165, 1.54) is 19.3 Å². The van der Waals surface area contributed by atoms with Crippen LogP contribution in [0.2, 0.25) is 0 Å². The van der Waals surface area contributed by atoms with Crippen LogP contribution < -0.4 is 16.1 Å². The van der Waals surface area contributed by atoms with Gasteiger partial charge >= 0.3 is 0 Å². The van der Waals surface area contributed by atoms with E-state index < -0.39 is 17.2 Å². The molecule has 1 atom stereocenters. The van der Waals surface area contributed by atoms with Crippen molar-refractivity contribution in [3.63, 3.8) is 0 Å². The summed E-state index contributed by atoms with van der Waals surface area (Å²) in [5.41, 5.74) is -0.512. The number of nitrogens with zero attached hydrogens (tertiary/aromatic N) is 1. The number of carbonyl (C=O) groups excluding carboxylic acids is 2. The van der Waals surface area contributed by atoms with Crippen molar-refractivity contribution in [1.82, 2.24) is 15.2 Å². The molecule has 0 spiro atoms. The molecular formula is C24H37N3O5. The van der Waals surface area contributed by atoms with E-state index in [0.29, 0.717) is 32.7 Å². The summed E-state index contributed by atoms with van der Waals surface area (Å²) >= 11 is 0. The van der Waals surface area contributed by atoms with Crippen molar-refractivity contribution in [2.45, 2.75) is 82.9 Å². The van der Waals surface area contributed by atoms with E-state index >= 15 is 0 Å². The van der Waals surface area contributed by atoms with E-state index in [1.54, 1.807) is 24.1 Å². The van der Waals surface area contributed by atoms with Crippen LogP contribution in [0, 0.1) is 0 Å². The summed E-state index contributed by atoms with van der Waals surface area (Å²) in [5, 5.41) is 5.82. The van der Waals surface area contributed by atoms with Gasteiger partial charge in [0.2, 0.25) is 5.43 Å². The van der Waals surface area contributed by atoms with Gasteiger partial charge in [-0.15, -0.1) is 0 Å². The van der Waals surface area contributed by atoms with Crippen molar-refractivity contribution in [2.75, 3.05) is 26.9 Å². The second kappa shape index (κ2) is 12.7. The monoisotopic (exact) mass is 447 g/mol. The Labute approximate surface area is 190 Å². The zero-order valence-corrected chi connectivity index (χ0v) is 19.2. The standard InChI is InChI=1S/C24H37N3O5/c1-31-13-8-12-25-23(29)20-16-27(15-19-11-7-14-32-19)17-21(22(20)28)24(30)26-18-9-5-3-2-4-6-10-18/h16-19H,2-15H2,1H3,(H,25,29)(H,26,30)/t19-/m0/s1. The molecular weight excluding hydrogens is 410 g/mol. The fraction of sp³-hybridized carbons (Fsp3) is 0.708. The van der Waals surface area contributed by atoms with Gasteiger partial charge in [0.05, 0.1) is 6.10 Å². The Kier molecular flexibility index (Phi) is 9.74. The van der Waals surface area contributed by atoms with Gasteiger partial charge in [-0.3, -0.25) is 14.4 Å². The first-order valence-corrected chi connectivity index (χ1v) is 12.0. The molecule has 1 saturated heterocycles. The summed E-state index contributed by atoms with van der Waals surface area (Å²) in [4.78, 5) is 38.9. The number of pyridine rings is 1. The third-order valence-corrected chi connectivity index (χ3v) is 6.26. The normalized spacial score (nSPS) is 19.8. The van der Waals surface area contributed by atoms with Crippen molar-refractivity contribution >= 4 is 11.8 Å². The molecule has 1 aliphatic heterocycles. The van der Waals surface area contributed by atoms with Gasteiger partial charge in [0.25, 0.3) is 11.8 Å². The van der Waals surface area contributed by atoms with E-state index in [0.717, 1.165) is 38.5 Å². The minimum absolute atomic E-state index is 0.00858. The second-order valence-corrected chi connectivity index (χ2v) is 8.86. The molecule has 0 radical (unpaired) electrons. The summed E-state index contributed by atoms with van der Waals surface area (Å²) in [6.07, 6.45) is 13.3. The smallest absolute Gasteiger partial charge is 0.256 e. The first kappa shape index (κ1) is 24.5. The quantitative estimate of drug-likeness (QED) is 0.567. The van der Waals surface area contributed by atoms with E-state index in [1.807, 2.05) is 0 Å². The highest BCUT2D eigenvalue weighted by molar-refractivity contribution is 5.99. The lowest BCUT2D eigenvalue weighted by atomic mass is 9.96. The number of rotatable bonds is 9. The number of aromatic nitrogens is 1. The molecule has 1 aliphatic carbocycles. The molecule has 1 aromatic heterocycles. The van der Waals surface area contributed by atoms with E-state index in [2.05, 4.69) is 10.6 Å². The maximum Gasteiger partial charge on any atom is 0.256 e. The van der Waals surface area contributed by atoms with Crippen LogP contribution in [0.1, 0.15) is 84.9 Å². The molecule has 2 fully saturated rings. The van der Waals surface area contributed by atoms with Crippen LogP contribution in [0.25, 0.3) is 0 Å². The summed E-state index contributed by atoms with van der Waals surface area (Å²) < 4.78 is 12.5. The number of hydrogen-bond donors (Lipinski definition) is 2. The third-order valence-electron chi connectivity index (χ3n) is 6.26. The molecule has 3 rings (SSSR count). The number of hydrogen-bond acceptors (Lipinski definition) is 5. The summed E-state index contributed by atoms with van der Waals surface area (Å²) in [6, 6.07) is 0.0698. The van der Waals surface area contributed by atoms with Gasteiger partial charge in [-0.05, 0) is 32.1 Å². The maximum absolute atomic E-state index is 13.1. The predicted molar refractivity (Wildman–Crippen MR) is 122 cm³/mol. The molecule has 0 aromatic carbocycles. The second-order valence-electron chi connectivity index (χ2n) is 8.86. The van der Waals surface area contributed by atoms with Crippen LogP contribution >= 0.6 is 0 Å². The van der Waals surface area contributed by atoms with Gasteiger partial charge in [0, 0.05) is 51.8 Å². The number of nitrogens with one attached hydrogen (secondary N) is 2. The van der Waals surface area contributed by atoms with Crippen molar-refractivity contribution in [3.8, 4) is 0 Å². The largest absolute Gasteiger partial charge is 0.385 e. The average molecular weight is 448 g/mol. The first-order chi connectivity index (χ1) is 15.6. The highest BCUT2D eigenvalue weighted by atomic mass is 16.5. The Morgan fingerprint density at radius 2 is 1.72 bits per heavy atom. The van der Waals surface area contributed by atoms with Crippen molar-refractivity contribution in [3.05, 3.63) is 33.7 Å². The Morgan fingerprint density at radius 1 is 1.03 bits per heavy atom. The van der Waals surface area contributed by atoms with Crippen LogP contribution in [-0.4, -0.2) is 55.4 Å². The third kappa shape index (κ3) is 7.17. The van der Waals surface area contributed by atoms with E-state index in [4.69, 9.17) is 9.47 Å². The zero-order chi connectivity index (χ0) is 22.8. The molecule has 2 amide bonds. The van der Waals surface area contributed by atoms with E-state index in [9.17, 15) is 14.4 Å². The fourth-order valence-corrected chi connectivity index (χ4v) is 4.46. The SMILES string of the molecule is COCCCNC(=O)c1cn(C[C@@H]2CCCO2)cc(C(=O)NC2CCCCCCC2)c1=O. The van der Waals surface area contributed by atoms with Gasteiger partial charge < -0.3 is 24.7 Å². The Hall–Kier alpha value is -2.19. The van der Waals surface area contributed by atoms with Crippen LogP contribution in [-0.2, 0) is 16.0 Å². The van der Waals surface area contributed by atoms with Crippen LogP contribution in [0.3, 0.4) is 0 Å². The first-order valence-electron chi connectivity index (χ1n) is 12.0. The molecule has 178 valence electrons. The Morgan fingerprint density at radius 3 is 2.38 bits per heavy atom. The molecule has 2 N–H and O–H groups in total. The van der Waals surface area contributed by atoms with Gasteiger partial charge in [-0.25, -0.2) is 0 Å². The molecule has 1 aromatic rings. The lowest BCUT2D eigenvalue weighted by molar-refractivity contribution is 0.0914. The molecule has 2 aliphatic rings. The Bertz CT molecular complexity index is 808. The van der Waals surface area contributed by atoms with Gasteiger partial charge in [-0.1, -0.05) is 32.1 Å². The van der Waals surface area contributed by atoms with Crippen LogP contribution in [0.5, 0.6) is 0 Å². The molecule has 0 unspecified atom stereocenters. The summed E-state index contributed by atoms with van der Waals surface area (Å²) in [6.45, 7) is 2.14. The number of ether oxygens (including phenoxy) is 2. The Balaban J connectivity index is 1.79. The van der Waals surface area contributed by atoms with Gasteiger partial charge in [-0.2, -0.15) is 0 Å². The average Bonchev–Trinajstić information content (AvgIpc) is 3.27. The highest BCUT2D eigenvalue weighted by Gasteiger charge is 2.23. The zero-order valence-electron chi connectivity index (χ0n) is 19.2. The van der Waals surface area contributed by atoms with Gasteiger partial charge in [0.1, 0.15) is 11.1 Å². The van der Waals surface area contributed by atoms with E-state index in [-0.39, 0.29) is 23.3 Å². The highest BCUT2D eigenvalue weighted by Crippen LogP contribution is 2.18. The minimum atomic E-state index is -0.527. The number of amides is 2. The molecule has 8 heteroatoms. The van der Waals surface area contributed by atoms with Crippen molar-refractivity contribution in [2.24, 2.45) is 0 Å². The fourth-order valence-electron chi connectivity index (χ4n) is 4.46. The van der Waals surface area contributed by atoms with Crippen molar-refractivity contribution in [1.29, 1.82) is 0 Å². The summed E-state index contributed by atoms with van der Waals surface area (Å²) in [7, 11) is 1.60. The molecule has 0 bridgehead atoms. The predicted octanol–water partition coefficient (Wildman–Crippen LogP) is 2.64. The lowest BCUT2D eigenvalue weighted by Crippen LogP contribution is -2.40. The number of carbonyl (C=O) groups is 2. The van der Waals surface area contributed by atoms with Crippen LogP contribution in [0.15, 0.2) is 17.2 Å². The maximum atomic E-state index is 13.1. The lowest BCUT2D eigenvalue weighted by Gasteiger charge is -2.21. The minimum Gasteiger partial charge on any atom is -0.385 e. The van der Waals surface area contributed by atoms with Crippen molar-refractivity contribution < 1.29 is 19.1 Å². The molecule has 8 nitrogen and oxygen atoms in total. The molecule has 1 saturated carbocycles. The summed E-state index contributed by atoms with van der Waals surface area (Å²) in [5.74, 6) is -0.858. The van der Waals surface area contributed by atoms with Gasteiger partial charge in [0.15, 0.2) is 0 Å². The topological polar surface area (TPSA) is 98.7 Å². The van der Waals surface area contributed by atoms with Crippen LogP contribution in [0.4, 0.5) is 0 Å². The number of methoxy groups -OCH3 is 1. The molecule has 32 heavy (non-hydrogen) atoms. The molecule has 2 heterocycles.